The standard InChI is InChI=1S/C24H27N5.HI/c25-24(27-15-12-22-6-3-4-14-26-22)28-17-19-8-10-20(11-9-19)18-29-16-13-21-5-1-2-7-23(21)29;/h1-11,14H,12-13,15-18H2,(H3,25,27,28);1H. The van der Waals surface area contributed by atoms with E-state index in [9.17, 15) is 0 Å². The van der Waals surface area contributed by atoms with E-state index < -0.39 is 0 Å². The number of halogens is 1. The molecular formula is C24H28IN5. The minimum Gasteiger partial charge on any atom is -0.370 e. The van der Waals surface area contributed by atoms with Crippen molar-refractivity contribution in [2.24, 2.45) is 10.7 Å². The Kier molecular flexibility index (Phi) is 8.07. The summed E-state index contributed by atoms with van der Waals surface area (Å²) >= 11 is 0. The van der Waals surface area contributed by atoms with Crippen molar-refractivity contribution in [1.29, 1.82) is 0 Å². The maximum absolute atomic E-state index is 5.98. The highest BCUT2D eigenvalue weighted by atomic mass is 127. The van der Waals surface area contributed by atoms with E-state index in [0.29, 0.717) is 12.5 Å². The molecule has 0 radical (unpaired) electrons. The summed E-state index contributed by atoms with van der Waals surface area (Å²) in [5.41, 5.74) is 12.3. The van der Waals surface area contributed by atoms with Crippen LogP contribution in [0.5, 0.6) is 0 Å². The van der Waals surface area contributed by atoms with Crippen LogP contribution >= 0.6 is 24.0 Å². The highest BCUT2D eigenvalue weighted by molar-refractivity contribution is 14.0. The number of nitrogens with two attached hydrogens (primary N) is 1. The van der Waals surface area contributed by atoms with Gasteiger partial charge in [-0.05, 0) is 41.3 Å². The van der Waals surface area contributed by atoms with Crippen molar-refractivity contribution in [2.45, 2.75) is 25.9 Å². The lowest BCUT2D eigenvalue weighted by atomic mass is 10.1. The second-order valence-corrected chi connectivity index (χ2v) is 7.32. The van der Waals surface area contributed by atoms with E-state index in [1.54, 1.807) is 6.20 Å². The molecule has 30 heavy (non-hydrogen) atoms. The summed E-state index contributed by atoms with van der Waals surface area (Å²) in [5, 5.41) is 3.15. The van der Waals surface area contributed by atoms with Crippen molar-refractivity contribution in [2.75, 3.05) is 18.0 Å². The molecule has 0 saturated carbocycles. The molecule has 3 N–H and O–H groups in total. The Morgan fingerprint density at radius 2 is 1.77 bits per heavy atom. The van der Waals surface area contributed by atoms with Crippen LogP contribution in [0.3, 0.4) is 0 Å². The number of nitrogens with one attached hydrogen (secondary N) is 1. The number of benzene rings is 2. The first kappa shape index (κ1) is 22.1. The van der Waals surface area contributed by atoms with Gasteiger partial charge in [0.2, 0.25) is 0 Å². The van der Waals surface area contributed by atoms with Crippen molar-refractivity contribution in [1.82, 2.24) is 10.3 Å². The van der Waals surface area contributed by atoms with Crippen LogP contribution in [0.25, 0.3) is 0 Å². The summed E-state index contributed by atoms with van der Waals surface area (Å²) in [6.45, 7) is 3.34. The molecule has 2 aromatic carbocycles. The number of hydrogen-bond acceptors (Lipinski definition) is 3. The average molecular weight is 513 g/mol. The van der Waals surface area contributed by atoms with Crippen LogP contribution in [0.1, 0.15) is 22.4 Å². The molecule has 156 valence electrons. The fraction of sp³-hybridized carbons (Fsp3) is 0.250. The zero-order valence-corrected chi connectivity index (χ0v) is 19.3. The number of guanidine groups is 1. The molecule has 1 aliphatic rings. The maximum atomic E-state index is 5.98. The first-order valence-electron chi connectivity index (χ1n) is 10.1. The Labute approximate surface area is 195 Å². The minimum atomic E-state index is 0. The third-order valence-electron chi connectivity index (χ3n) is 5.23. The summed E-state index contributed by atoms with van der Waals surface area (Å²) in [4.78, 5) is 11.2. The van der Waals surface area contributed by atoms with E-state index in [4.69, 9.17) is 5.73 Å². The van der Waals surface area contributed by atoms with E-state index in [0.717, 1.165) is 43.7 Å². The smallest absolute Gasteiger partial charge is 0.188 e. The van der Waals surface area contributed by atoms with Gasteiger partial charge in [-0.2, -0.15) is 0 Å². The molecular weight excluding hydrogens is 485 g/mol. The number of rotatable bonds is 7. The van der Waals surface area contributed by atoms with Crippen molar-refractivity contribution < 1.29 is 0 Å². The average Bonchev–Trinajstić information content (AvgIpc) is 3.17. The van der Waals surface area contributed by atoms with E-state index in [2.05, 4.69) is 68.7 Å². The number of para-hydroxylation sites is 1. The van der Waals surface area contributed by atoms with Gasteiger partial charge in [-0.15, -0.1) is 24.0 Å². The number of anilines is 1. The second kappa shape index (κ2) is 11.0. The molecule has 3 aromatic rings. The largest absolute Gasteiger partial charge is 0.370 e. The zero-order valence-electron chi connectivity index (χ0n) is 17.0. The Balaban J connectivity index is 0.00000256. The van der Waals surface area contributed by atoms with Crippen LogP contribution in [0.15, 0.2) is 77.9 Å². The molecule has 0 unspecified atom stereocenters. The van der Waals surface area contributed by atoms with Crippen molar-refractivity contribution in [3.8, 4) is 0 Å². The second-order valence-electron chi connectivity index (χ2n) is 7.32. The fourth-order valence-corrected chi connectivity index (χ4v) is 3.64. The van der Waals surface area contributed by atoms with E-state index in [1.807, 2.05) is 18.2 Å². The number of aliphatic imine (C=N–C) groups is 1. The molecule has 2 heterocycles. The highest BCUT2D eigenvalue weighted by Crippen LogP contribution is 2.28. The SMILES string of the molecule is I.NC(=NCc1ccc(CN2CCc3ccccc32)cc1)NCCc1ccccn1. The van der Waals surface area contributed by atoms with Crippen molar-refractivity contribution >= 4 is 35.6 Å². The normalized spacial score (nSPS) is 12.9. The molecule has 0 atom stereocenters. The molecule has 0 spiro atoms. The molecule has 0 saturated heterocycles. The van der Waals surface area contributed by atoms with Gasteiger partial charge in [-0.1, -0.05) is 48.5 Å². The molecule has 5 nitrogen and oxygen atoms in total. The van der Waals surface area contributed by atoms with Crippen LogP contribution in [0, 0.1) is 0 Å². The van der Waals surface area contributed by atoms with Gasteiger partial charge in [0.25, 0.3) is 0 Å². The lowest BCUT2D eigenvalue weighted by molar-refractivity contribution is 0.826. The summed E-state index contributed by atoms with van der Waals surface area (Å²) in [6.07, 6.45) is 3.76. The Bertz CT molecular complexity index is 957. The van der Waals surface area contributed by atoms with Crippen molar-refractivity contribution in [3.05, 3.63) is 95.3 Å². The van der Waals surface area contributed by atoms with Gasteiger partial charge in [0.15, 0.2) is 5.96 Å². The lowest BCUT2D eigenvalue weighted by Gasteiger charge is -2.19. The zero-order chi connectivity index (χ0) is 19.9. The fourth-order valence-electron chi connectivity index (χ4n) is 3.64. The van der Waals surface area contributed by atoms with E-state index >= 15 is 0 Å². The van der Waals surface area contributed by atoms with Gasteiger partial charge < -0.3 is 16.0 Å². The molecule has 0 aliphatic carbocycles. The van der Waals surface area contributed by atoms with Gasteiger partial charge in [-0.25, -0.2) is 4.99 Å². The summed E-state index contributed by atoms with van der Waals surface area (Å²) in [6, 6.07) is 23.3. The number of hydrogen-bond donors (Lipinski definition) is 2. The molecule has 4 rings (SSSR count). The van der Waals surface area contributed by atoms with Gasteiger partial charge in [0.05, 0.1) is 6.54 Å². The quantitative estimate of drug-likeness (QED) is 0.286. The summed E-state index contributed by atoms with van der Waals surface area (Å²) in [5.74, 6) is 0.471. The maximum Gasteiger partial charge on any atom is 0.188 e. The lowest BCUT2D eigenvalue weighted by Crippen LogP contribution is -2.33. The predicted octanol–water partition coefficient (Wildman–Crippen LogP) is 3.91. The topological polar surface area (TPSA) is 66.5 Å². The Hall–Kier alpha value is -2.61. The van der Waals surface area contributed by atoms with Gasteiger partial charge in [-0.3, -0.25) is 4.98 Å². The predicted molar refractivity (Wildman–Crippen MR) is 134 cm³/mol. The molecule has 0 amide bonds. The summed E-state index contributed by atoms with van der Waals surface area (Å²) in [7, 11) is 0. The molecule has 1 aromatic heterocycles. The van der Waals surface area contributed by atoms with Crippen LogP contribution in [-0.4, -0.2) is 24.0 Å². The van der Waals surface area contributed by atoms with Crippen molar-refractivity contribution in [3.63, 3.8) is 0 Å². The number of pyridine rings is 1. The van der Waals surface area contributed by atoms with Gasteiger partial charge in [0.1, 0.15) is 0 Å². The van der Waals surface area contributed by atoms with Crippen LogP contribution < -0.4 is 16.0 Å². The minimum absolute atomic E-state index is 0. The monoisotopic (exact) mass is 513 g/mol. The van der Waals surface area contributed by atoms with Crippen LogP contribution in [0.4, 0.5) is 5.69 Å². The number of nitrogens with zero attached hydrogens (tertiary/aromatic N) is 3. The summed E-state index contributed by atoms with van der Waals surface area (Å²) < 4.78 is 0. The number of aromatic nitrogens is 1. The van der Waals surface area contributed by atoms with Gasteiger partial charge >= 0.3 is 0 Å². The van der Waals surface area contributed by atoms with E-state index in [-0.39, 0.29) is 24.0 Å². The first-order chi connectivity index (χ1) is 14.3. The highest BCUT2D eigenvalue weighted by Gasteiger charge is 2.17. The third kappa shape index (κ3) is 5.95. The van der Waals surface area contributed by atoms with E-state index in [1.165, 1.54) is 16.8 Å². The number of fused-ring (bicyclic) bond motifs is 1. The Morgan fingerprint density at radius 3 is 2.57 bits per heavy atom. The Morgan fingerprint density at radius 1 is 1.00 bits per heavy atom. The third-order valence-corrected chi connectivity index (χ3v) is 5.23. The van der Waals surface area contributed by atoms with Gasteiger partial charge in [0, 0.05) is 43.6 Å². The molecule has 6 heteroatoms. The first-order valence-corrected chi connectivity index (χ1v) is 10.1. The van der Waals surface area contributed by atoms with Crippen LogP contribution in [-0.2, 0) is 25.9 Å². The molecule has 1 aliphatic heterocycles. The molecule has 0 fully saturated rings. The van der Waals surface area contributed by atoms with Crippen LogP contribution in [0.2, 0.25) is 0 Å². The molecule has 0 bridgehead atoms.